The molecule has 29 heavy (non-hydrogen) atoms. The molecule has 1 aromatic heterocycles. The van der Waals surface area contributed by atoms with E-state index in [1.165, 1.54) is 47.2 Å². The Morgan fingerprint density at radius 2 is 1.90 bits per heavy atom. The van der Waals surface area contributed by atoms with E-state index >= 15 is 0 Å². The van der Waals surface area contributed by atoms with Gasteiger partial charge >= 0.3 is 0 Å². The lowest BCUT2D eigenvalue weighted by Gasteiger charge is -2.17. The normalized spacial score (nSPS) is 13.5. The molecule has 8 heteroatoms. The fourth-order valence-corrected chi connectivity index (χ4v) is 4.79. The Morgan fingerprint density at radius 3 is 2.66 bits per heavy atom. The number of hydrogen-bond acceptors (Lipinski definition) is 7. The number of aromatic nitrogens is 2. The molecule has 0 aliphatic carbocycles. The van der Waals surface area contributed by atoms with E-state index in [-0.39, 0.29) is 5.91 Å². The second-order valence-electron chi connectivity index (χ2n) is 6.95. The molecule has 2 aromatic carbocycles. The molecule has 150 valence electrons. The van der Waals surface area contributed by atoms with Gasteiger partial charge in [-0.3, -0.25) is 4.79 Å². The van der Waals surface area contributed by atoms with E-state index in [0.717, 1.165) is 33.9 Å². The summed E-state index contributed by atoms with van der Waals surface area (Å²) in [5.41, 5.74) is 4.20. The fraction of sp³-hybridized carbons (Fsp3) is 0.286. The highest BCUT2D eigenvalue weighted by Gasteiger charge is 2.13. The Kier molecular flexibility index (Phi) is 6.31. The molecule has 1 saturated heterocycles. The Balaban J connectivity index is 1.26. The predicted octanol–water partition coefficient (Wildman–Crippen LogP) is 4.92. The summed E-state index contributed by atoms with van der Waals surface area (Å²) in [5, 5.41) is 15.2. The number of carbonyl (C=O) groups excluding carboxylic acids is 1. The molecule has 1 amide bonds. The minimum atomic E-state index is -0.0488. The minimum Gasteiger partial charge on any atom is -0.372 e. The third kappa shape index (κ3) is 5.48. The number of hydrogen-bond donors (Lipinski definition) is 2. The molecule has 2 heterocycles. The van der Waals surface area contributed by atoms with E-state index in [1.54, 1.807) is 0 Å². The van der Waals surface area contributed by atoms with E-state index in [1.807, 2.05) is 37.3 Å². The second-order valence-corrected chi connectivity index (χ2v) is 9.15. The average molecular weight is 426 g/mol. The summed E-state index contributed by atoms with van der Waals surface area (Å²) in [6.45, 7) is 4.28. The van der Waals surface area contributed by atoms with Gasteiger partial charge in [0.05, 0.1) is 5.75 Å². The van der Waals surface area contributed by atoms with Crippen LogP contribution in [0.25, 0.3) is 0 Å². The zero-order valence-electron chi connectivity index (χ0n) is 16.2. The van der Waals surface area contributed by atoms with Crippen molar-refractivity contribution in [3.8, 4) is 0 Å². The van der Waals surface area contributed by atoms with Gasteiger partial charge in [0.25, 0.3) is 0 Å². The molecule has 2 N–H and O–H groups in total. The number of amides is 1. The van der Waals surface area contributed by atoms with Crippen LogP contribution in [0.15, 0.2) is 52.9 Å². The number of rotatable bonds is 7. The number of benzene rings is 2. The molecule has 0 saturated carbocycles. The zero-order valence-corrected chi connectivity index (χ0v) is 17.9. The van der Waals surface area contributed by atoms with Gasteiger partial charge in [-0.15, -0.1) is 10.2 Å². The van der Waals surface area contributed by atoms with Crippen LogP contribution in [0.3, 0.4) is 0 Å². The van der Waals surface area contributed by atoms with Crippen LogP contribution in [0.2, 0.25) is 0 Å². The summed E-state index contributed by atoms with van der Waals surface area (Å²) < 4.78 is 0.764. The molecule has 6 nitrogen and oxygen atoms in total. The maximum Gasteiger partial charge on any atom is 0.234 e. The van der Waals surface area contributed by atoms with Gasteiger partial charge in [-0.05, 0) is 61.7 Å². The first kappa shape index (κ1) is 19.7. The van der Waals surface area contributed by atoms with Crippen LogP contribution >= 0.6 is 23.1 Å². The summed E-state index contributed by atoms with van der Waals surface area (Å²) in [5.74, 6) is 0.250. The predicted molar refractivity (Wildman–Crippen MR) is 122 cm³/mol. The third-order valence-electron chi connectivity index (χ3n) is 4.62. The molecular weight excluding hydrogens is 402 g/mol. The summed E-state index contributed by atoms with van der Waals surface area (Å²) in [6.07, 6.45) is 2.51. The number of thioether (sulfide) groups is 1. The number of anilines is 4. The molecule has 0 bridgehead atoms. The summed E-state index contributed by atoms with van der Waals surface area (Å²) in [7, 11) is 0. The number of nitrogens with one attached hydrogen (secondary N) is 2. The van der Waals surface area contributed by atoms with Gasteiger partial charge in [-0.1, -0.05) is 35.2 Å². The van der Waals surface area contributed by atoms with Gasteiger partial charge in [-0.25, -0.2) is 0 Å². The monoisotopic (exact) mass is 425 g/mol. The van der Waals surface area contributed by atoms with Crippen molar-refractivity contribution in [3.05, 3.63) is 54.1 Å². The smallest absolute Gasteiger partial charge is 0.234 e. The molecule has 1 fully saturated rings. The molecule has 0 radical (unpaired) electrons. The lowest BCUT2D eigenvalue weighted by Crippen LogP contribution is -2.18. The molecule has 4 rings (SSSR count). The molecule has 1 aliphatic rings. The average Bonchev–Trinajstić information content (AvgIpc) is 3.39. The van der Waals surface area contributed by atoms with E-state index in [4.69, 9.17) is 0 Å². The molecule has 0 spiro atoms. The second kappa shape index (κ2) is 9.28. The first-order chi connectivity index (χ1) is 14.2. The summed E-state index contributed by atoms with van der Waals surface area (Å²) >= 11 is 2.83. The van der Waals surface area contributed by atoms with Crippen LogP contribution < -0.4 is 15.5 Å². The van der Waals surface area contributed by atoms with Crippen LogP contribution in [0.4, 0.5) is 22.2 Å². The SMILES string of the molecule is Cc1cccc(Nc2nnc(SCC(=O)Nc3ccc(N4CCCC4)cc3)s2)c1. The topological polar surface area (TPSA) is 70.1 Å². The Bertz CT molecular complexity index is 967. The van der Waals surface area contributed by atoms with Crippen LogP contribution in [0.5, 0.6) is 0 Å². The highest BCUT2D eigenvalue weighted by Crippen LogP contribution is 2.28. The van der Waals surface area contributed by atoms with Crippen LogP contribution in [0, 0.1) is 6.92 Å². The maximum atomic E-state index is 12.3. The van der Waals surface area contributed by atoms with Crippen LogP contribution in [-0.4, -0.2) is 34.9 Å². The number of aryl methyl sites for hydroxylation is 1. The van der Waals surface area contributed by atoms with E-state index in [2.05, 4.69) is 43.9 Å². The minimum absolute atomic E-state index is 0.0488. The van der Waals surface area contributed by atoms with Crippen molar-refractivity contribution in [3.63, 3.8) is 0 Å². The van der Waals surface area contributed by atoms with Crippen molar-refractivity contribution in [1.29, 1.82) is 0 Å². The molecular formula is C21H23N5OS2. The van der Waals surface area contributed by atoms with Crippen molar-refractivity contribution < 1.29 is 4.79 Å². The van der Waals surface area contributed by atoms with Gasteiger partial charge in [0, 0.05) is 30.2 Å². The number of carbonyl (C=O) groups is 1. The van der Waals surface area contributed by atoms with Gasteiger partial charge in [0.15, 0.2) is 4.34 Å². The highest BCUT2D eigenvalue weighted by atomic mass is 32.2. The lowest BCUT2D eigenvalue weighted by molar-refractivity contribution is -0.113. The van der Waals surface area contributed by atoms with Gasteiger partial charge < -0.3 is 15.5 Å². The maximum absolute atomic E-state index is 12.3. The Morgan fingerprint density at radius 1 is 1.10 bits per heavy atom. The molecule has 3 aromatic rings. The fourth-order valence-electron chi connectivity index (χ4n) is 3.22. The van der Waals surface area contributed by atoms with E-state index in [9.17, 15) is 4.79 Å². The van der Waals surface area contributed by atoms with Crippen molar-refractivity contribution in [2.24, 2.45) is 0 Å². The van der Waals surface area contributed by atoms with E-state index < -0.39 is 0 Å². The van der Waals surface area contributed by atoms with Gasteiger partial charge in [-0.2, -0.15) is 0 Å². The van der Waals surface area contributed by atoms with E-state index in [0.29, 0.717) is 5.75 Å². The van der Waals surface area contributed by atoms with Crippen LogP contribution in [0.1, 0.15) is 18.4 Å². The third-order valence-corrected chi connectivity index (χ3v) is 6.60. The van der Waals surface area contributed by atoms with Crippen LogP contribution in [-0.2, 0) is 4.79 Å². The molecule has 1 aliphatic heterocycles. The first-order valence-corrected chi connectivity index (χ1v) is 11.4. The lowest BCUT2D eigenvalue weighted by atomic mass is 10.2. The summed E-state index contributed by atoms with van der Waals surface area (Å²) in [6, 6.07) is 16.2. The molecule has 0 unspecified atom stereocenters. The Hall–Kier alpha value is -2.58. The summed E-state index contributed by atoms with van der Waals surface area (Å²) in [4.78, 5) is 14.6. The zero-order chi connectivity index (χ0) is 20.1. The van der Waals surface area contributed by atoms with Crippen molar-refractivity contribution in [2.75, 3.05) is 34.4 Å². The standard InChI is InChI=1S/C21H23N5OS2/c1-15-5-4-6-17(13-15)23-20-24-25-21(29-20)28-14-19(27)22-16-7-9-18(10-8-16)26-11-2-3-12-26/h4-10,13H,2-3,11-12,14H2,1H3,(H,22,27)(H,23,24). The largest absolute Gasteiger partial charge is 0.372 e. The van der Waals surface area contributed by atoms with Gasteiger partial charge in [0.1, 0.15) is 0 Å². The Labute approximate surface area is 178 Å². The molecule has 0 atom stereocenters. The van der Waals surface area contributed by atoms with Crippen molar-refractivity contribution in [2.45, 2.75) is 24.1 Å². The van der Waals surface area contributed by atoms with Crippen molar-refractivity contribution in [1.82, 2.24) is 10.2 Å². The van der Waals surface area contributed by atoms with Gasteiger partial charge in [0.2, 0.25) is 11.0 Å². The number of nitrogens with zero attached hydrogens (tertiary/aromatic N) is 3. The first-order valence-electron chi connectivity index (χ1n) is 9.60. The quantitative estimate of drug-likeness (QED) is 0.524. The highest BCUT2D eigenvalue weighted by molar-refractivity contribution is 8.01. The van der Waals surface area contributed by atoms with Crippen molar-refractivity contribution >= 4 is 51.2 Å².